The summed E-state index contributed by atoms with van der Waals surface area (Å²) in [4.78, 5) is 21.3. The molecule has 8 nitrogen and oxygen atoms in total. The average Bonchev–Trinajstić information content (AvgIpc) is 3.38. The number of hydrogen-bond acceptors (Lipinski definition) is 5. The van der Waals surface area contributed by atoms with E-state index in [1.165, 1.54) is 0 Å². The number of aromatic carboxylic acids is 1. The number of nitrogens with one attached hydrogen (secondary N) is 1. The Bertz CT molecular complexity index is 1260. The highest BCUT2D eigenvalue weighted by atomic mass is 32.1. The maximum atomic E-state index is 12.0. The van der Waals surface area contributed by atoms with Gasteiger partial charge in [-0.3, -0.25) is 9.88 Å². The van der Waals surface area contributed by atoms with Crippen LogP contribution < -0.4 is 5.32 Å². The van der Waals surface area contributed by atoms with Crippen LogP contribution in [0.4, 0.5) is 0 Å². The number of aromatic nitrogens is 2. The van der Waals surface area contributed by atoms with Crippen LogP contribution >= 0.6 is 12.2 Å². The molecule has 9 heteroatoms. The Morgan fingerprint density at radius 1 is 1.14 bits per heavy atom. The van der Waals surface area contributed by atoms with E-state index in [1.807, 2.05) is 41.8 Å². The fourth-order valence-electron chi connectivity index (χ4n) is 5.37. The Labute approximate surface area is 216 Å². The monoisotopic (exact) mass is 505 g/mol. The highest BCUT2D eigenvalue weighted by Gasteiger charge is 2.41. The van der Waals surface area contributed by atoms with Crippen molar-refractivity contribution in [3.8, 4) is 5.69 Å². The van der Waals surface area contributed by atoms with Gasteiger partial charge in [-0.25, -0.2) is 4.79 Å². The van der Waals surface area contributed by atoms with Gasteiger partial charge in [0.15, 0.2) is 5.11 Å². The molecule has 0 saturated carbocycles. The van der Waals surface area contributed by atoms with Gasteiger partial charge in [0.2, 0.25) is 0 Å². The maximum absolute atomic E-state index is 12.0. The second kappa shape index (κ2) is 10.4. The van der Waals surface area contributed by atoms with Crippen LogP contribution in [-0.2, 0) is 4.74 Å². The normalized spacial score (nSPS) is 20.5. The predicted octanol–water partition coefficient (Wildman–Crippen LogP) is 3.49. The van der Waals surface area contributed by atoms with E-state index in [0.717, 1.165) is 62.0 Å². The number of carboxylic acid groups (broad SMARTS) is 1. The van der Waals surface area contributed by atoms with E-state index in [4.69, 9.17) is 17.0 Å². The number of thiocarbonyl (C=S) groups is 1. The second-order valence-electron chi connectivity index (χ2n) is 9.26. The molecule has 1 aromatic carbocycles. The smallest absolute Gasteiger partial charge is 0.337 e. The summed E-state index contributed by atoms with van der Waals surface area (Å²) in [7, 11) is 0. The molecule has 2 N–H and O–H groups in total. The highest BCUT2D eigenvalue weighted by molar-refractivity contribution is 7.80. The van der Waals surface area contributed by atoms with Crippen LogP contribution in [0.1, 0.15) is 45.1 Å². The van der Waals surface area contributed by atoms with Gasteiger partial charge >= 0.3 is 5.97 Å². The molecule has 2 aliphatic heterocycles. The number of hydrogen-bond donors (Lipinski definition) is 2. The third kappa shape index (κ3) is 4.61. The zero-order valence-electron chi connectivity index (χ0n) is 20.6. The van der Waals surface area contributed by atoms with Gasteiger partial charge in [0.05, 0.1) is 42.2 Å². The van der Waals surface area contributed by atoms with Crippen LogP contribution in [0, 0.1) is 13.8 Å². The van der Waals surface area contributed by atoms with Crippen molar-refractivity contribution < 1.29 is 14.6 Å². The van der Waals surface area contributed by atoms with Crippen LogP contribution in [0.3, 0.4) is 0 Å². The lowest BCUT2D eigenvalue weighted by Gasteiger charge is -2.32. The minimum atomic E-state index is -0.943. The molecule has 3 aromatic rings. The Hall–Kier alpha value is -3.27. The van der Waals surface area contributed by atoms with E-state index in [2.05, 4.69) is 33.1 Å². The third-order valence-corrected chi connectivity index (χ3v) is 7.48. The summed E-state index contributed by atoms with van der Waals surface area (Å²) in [5.74, 6) is -0.943. The summed E-state index contributed by atoms with van der Waals surface area (Å²) in [6, 6.07) is 15.0. The maximum Gasteiger partial charge on any atom is 0.337 e. The molecule has 2 fully saturated rings. The van der Waals surface area contributed by atoms with Crippen molar-refractivity contribution in [1.29, 1.82) is 0 Å². The number of pyridine rings is 1. The number of aryl methyl sites for hydroxylation is 1. The van der Waals surface area contributed by atoms with Gasteiger partial charge in [-0.05, 0) is 62.0 Å². The Balaban J connectivity index is 1.56. The molecule has 36 heavy (non-hydrogen) atoms. The fraction of sp³-hybridized carbons (Fsp3) is 0.370. The molecule has 4 heterocycles. The van der Waals surface area contributed by atoms with Crippen LogP contribution in [0.15, 0.2) is 54.7 Å². The number of carbonyl (C=O) groups is 1. The number of carboxylic acids is 1. The first-order chi connectivity index (χ1) is 17.5. The van der Waals surface area contributed by atoms with E-state index in [9.17, 15) is 9.90 Å². The first-order valence-electron chi connectivity index (χ1n) is 12.3. The van der Waals surface area contributed by atoms with Gasteiger partial charge in [0.1, 0.15) is 0 Å². The number of morpholine rings is 1. The molecule has 2 atom stereocenters. The topological polar surface area (TPSA) is 82.9 Å². The molecular weight excluding hydrogens is 474 g/mol. The van der Waals surface area contributed by atoms with Crippen molar-refractivity contribution in [2.75, 3.05) is 39.4 Å². The molecule has 0 radical (unpaired) electrons. The first kappa shape index (κ1) is 24.4. The molecule has 0 spiro atoms. The lowest BCUT2D eigenvalue weighted by atomic mass is 9.96. The van der Waals surface area contributed by atoms with Crippen molar-refractivity contribution in [1.82, 2.24) is 24.7 Å². The quantitative estimate of drug-likeness (QED) is 0.473. The minimum absolute atomic E-state index is 0.0784. The molecule has 2 aromatic heterocycles. The van der Waals surface area contributed by atoms with E-state index in [1.54, 1.807) is 18.3 Å². The van der Waals surface area contributed by atoms with Crippen LogP contribution in [0.5, 0.6) is 0 Å². The highest BCUT2D eigenvalue weighted by Crippen LogP contribution is 2.41. The summed E-state index contributed by atoms with van der Waals surface area (Å²) in [6.07, 6.45) is 1.81. The molecular formula is C27H31N5O3S. The lowest BCUT2D eigenvalue weighted by Crippen LogP contribution is -2.42. The van der Waals surface area contributed by atoms with Crippen molar-refractivity contribution in [3.05, 3.63) is 82.9 Å². The Morgan fingerprint density at radius 2 is 1.89 bits per heavy atom. The summed E-state index contributed by atoms with van der Waals surface area (Å²) < 4.78 is 7.55. The van der Waals surface area contributed by atoms with E-state index in [-0.39, 0.29) is 17.6 Å². The molecule has 0 bridgehead atoms. The van der Waals surface area contributed by atoms with E-state index in [0.29, 0.717) is 10.8 Å². The second-order valence-corrected chi connectivity index (χ2v) is 9.64. The molecule has 188 valence electrons. The summed E-state index contributed by atoms with van der Waals surface area (Å²) in [5.41, 5.74) is 4.94. The zero-order valence-corrected chi connectivity index (χ0v) is 21.4. The third-order valence-electron chi connectivity index (χ3n) is 7.12. The van der Waals surface area contributed by atoms with Crippen molar-refractivity contribution in [2.45, 2.75) is 25.9 Å². The number of benzene rings is 1. The van der Waals surface area contributed by atoms with Gasteiger partial charge in [-0.15, -0.1) is 0 Å². The van der Waals surface area contributed by atoms with Crippen molar-refractivity contribution in [3.63, 3.8) is 0 Å². The molecule has 2 saturated heterocycles. The summed E-state index contributed by atoms with van der Waals surface area (Å²) >= 11 is 5.85. The standard InChI is InChI=1S/C27H31N5O3S/c1-18-17-21(19(2)32(18)23-9-4-3-7-20(23)26(33)34)25-24(22-8-5-6-10-28-22)29-27(36)31(25)12-11-30-13-15-35-16-14-30/h3-10,17,24-25H,11-16H2,1-2H3,(H,29,36)(H,33,34)/t24-,25-/m1/s1. The first-order valence-corrected chi connectivity index (χ1v) is 12.7. The largest absolute Gasteiger partial charge is 0.478 e. The van der Waals surface area contributed by atoms with Gasteiger partial charge in [0, 0.05) is 43.8 Å². The van der Waals surface area contributed by atoms with Gasteiger partial charge in [0.25, 0.3) is 0 Å². The van der Waals surface area contributed by atoms with Gasteiger partial charge < -0.3 is 24.6 Å². The SMILES string of the molecule is Cc1cc([C@@H]2[C@@H](c3ccccn3)NC(=S)N2CCN2CCOCC2)c(C)n1-c1ccccc1C(=O)O. The van der Waals surface area contributed by atoms with Crippen molar-refractivity contribution >= 4 is 23.3 Å². The van der Waals surface area contributed by atoms with Crippen molar-refractivity contribution in [2.24, 2.45) is 0 Å². The fourth-order valence-corrected chi connectivity index (χ4v) is 5.70. The van der Waals surface area contributed by atoms with E-state index >= 15 is 0 Å². The molecule has 0 unspecified atom stereocenters. The van der Waals surface area contributed by atoms with Gasteiger partial charge in [-0.1, -0.05) is 18.2 Å². The number of nitrogens with zero attached hydrogens (tertiary/aromatic N) is 4. The zero-order chi connectivity index (χ0) is 25.2. The Morgan fingerprint density at radius 3 is 2.61 bits per heavy atom. The molecule has 0 aliphatic carbocycles. The van der Waals surface area contributed by atoms with Crippen LogP contribution in [0.25, 0.3) is 5.69 Å². The lowest BCUT2D eigenvalue weighted by molar-refractivity contribution is 0.0350. The van der Waals surface area contributed by atoms with Crippen LogP contribution in [0.2, 0.25) is 0 Å². The number of rotatable bonds is 7. The number of ether oxygens (including phenoxy) is 1. The Kier molecular flexibility index (Phi) is 7.04. The minimum Gasteiger partial charge on any atom is -0.478 e. The van der Waals surface area contributed by atoms with Gasteiger partial charge in [-0.2, -0.15) is 0 Å². The average molecular weight is 506 g/mol. The summed E-state index contributed by atoms with van der Waals surface area (Å²) in [5, 5.41) is 14.1. The molecule has 2 aliphatic rings. The summed E-state index contributed by atoms with van der Waals surface area (Å²) in [6.45, 7) is 9.08. The molecule has 5 rings (SSSR count). The predicted molar refractivity (Wildman–Crippen MR) is 142 cm³/mol. The number of para-hydroxylation sites is 1. The molecule has 0 amide bonds. The van der Waals surface area contributed by atoms with Crippen LogP contribution in [-0.4, -0.2) is 74.9 Å². The van der Waals surface area contributed by atoms with E-state index < -0.39 is 5.97 Å².